The van der Waals surface area contributed by atoms with Gasteiger partial charge in [0.25, 0.3) is 0 Å². The molecule has 0 unspecified atom stereocenters. The number of hydrogen-bond donors (Lipinski definition) is 0. The molecule has 2 aromatic rings. The zero-order valence-electron chi connectivity index (χ0n) is 7.99. The predicted octanol–water partition coefficient (Wildman–Crippen LogP) is -0.964. The molecule has 74 valence electrons. The Labute approximate surface area is 79.9 Å². The third kappa shape index (κ3) is 1.73. The van der Waals surface area contributed by atoms with Crippen LogP contribution in [0, 0.1) is 6.92 Å². The molecule has 0 N–H and O–H groups in total. The van der Waals surface area contributed by atoms with E-state index in [0.717, 1.165) is 6.42 Å². The van der Waals surface area contributed by atoms with Crippen LogP contribution in [0.4, 0.5) is 0 Å². The standard InChI is InChI=1S/C6H10N8/c1-3-6-8-12-14(10-6)4-13-9-5(2)7-11-13/h3-4H2,1-2H3. The number of tetrazole rings is 2. The average Bonchev–Trinajstić information content (AvgIpc) is 2.76. The molecule has 0 spiro atoms. The fourth-order valence-corrected chi connectivity index (χ4v) is 0.974. The minimum atomic E-state index is 0.341. The third-order valence-corrected chi connectivity index (χ3v) is 1.62. The fraction of sp³-hybridized carbons (Fsp3) is 0.667. The van der Waals surface area contributed by atoms with Crippen molar-refractivity contribution in [3.8, 4) is 0 Å². The molecule has 0 aliphatic rings. The van der Waals surface area contributed by atoms with E-state index in [1.165, 1.54) is 9.59 Å². The van der Waals surface area contributed by atoms with Crippen molar-refractivity contribution in [3.63, 3.8) is 0 Å². The maximum Gasteiger partial charge on any atom is 0.175 e. The lowest BCUT2D eigenvalue weighted by molar-refractivity contribution is 0.398. The van der Waals surface area contributed by atoms with E-state index in [-0.39, 0.29) is 0 Å². The SMILES string of the molecule is CCc1nnn(Cn2nnc(C)n2)n1. The molecule has 8 heteroatoms. The van der Waals surface area contributed by atoms with E-state index >= 15 is 0 Å². The first kappa shape index (κ1) is 8.73. The van der Waals surface area contributed by atoms with Gasteiger partial charge in [0, 0.05) is 6.42 Å². The second-order valence-electron chi connectivity index (χ2n) is 2.78. The van der Waals surface area contributed by atoms with Gasteiger partial charge in [0.1, 0.15) is 0 Å². The monoisotopic (exact) mass is 194 g/mol. The van der Waals surface area contributed by atoms with Gasteiger partial charge in [-0.25, -0.2) is 0 Å². The van der Waals surface area contributed by atoms with Crippen LogP contribution < -0.4 is 0 Å². The summed E-state index contributed by atoms with van der Waals surface area (Å²) in [6.07, 6.45) is 0.768. The van der Waals surface area contributed by atoms with E-state index in [4.69, 9.17) is 0 Å². The molecule has 8 nitrogen and oxygen atoms in total. The summed E-state index contributed by atoms with van der Waals surface area (Å²) in [5.74, 6) is 1.34. The summed E-state index contributed by atoms with van der Waals surface area (Å²) in [7, 11) is 0. The van der Waals surface area contributed by atoms with Gasteiger partial charge in [-0.3, -0.25) is 0 Å². The molecule has 0 aliphatic carbocycles. The normalized spacial score (nSPS) is 10.7. The highest BCUT2D eigenvalue weighted by Crippen LogP contribution is 1.88. The first-order valence-corrected chi connectivity index (χ1v) is 4.29. The number of aromatic nitrogens is 8. The van der Waals surface area contributed by atoms with E-state index < -0.39 is 0 Å². The minimum absolute atomic E-state index is 0.341. The quantitative estimate of drug-likeness (QED) is 0.625. The van der Waals surface area contributed by atoms with Crippen molar-refractivity contribution < 1.29 is 0 Å². The van der Waals surface area contributed by atoms with E-state index in [0.29, 0.717) is 18.3 Å². The van der Waals surface area contributed by atoms with Crippen molar-refractivity contribution in [1.29, 1.82) is 0 Å². The molecule has 0 bridgehead atoms. The summed E-state index contributed by atoms with van der Waals surface area (Å²) in [5.41, 5.74) is 0. The average molecular weight is 194 g/mol. The maximum atomic E-state index is 4.10. The van der Waals surface area contributed by atoms with Crippen molar-refractivity contribution >= 4 is 0 Å². The first-order chi connectivity index (χ1) is 6.78. The van der Waals surface area contributed by atoms with Crippen molar-refractivity contribution in [3.05, 3.63) is 11.6 Å². The second-order valence-corrected chi connectivity index (χ2v) is 2.78. The molecule has 0 atom stereocenters. The van der Waals surface area contributed by atoms with E-state index in [9.17, 15) is 0 Å². The predicted molar refractivity (Wildman–Crippen MR) is 45.1 cm³/mol. The molecule has 2 rings (SSSR count). The zero-order chi connectivity index (χ0) is 9.97. The Morgan fingerprint density at radius 3 is 2.36 bits per heavy atom. The highest BCUT2D eigenvalue weighted by molar-refractivity contribution is 4.73. The fourth-order valence-electron chi connectivity index (χ4n) is 0.974. The summed E-state index contributed by atoms with van der Waals surface area (Å²) >= 11 is 0. The molecule has 0 aliphatic heterocycles. The van der Waals surface area contributed by atoms with Crippen molar-refractivity contribution in [1.82, 2.24) is 40.4 Å². The van der Waals surface area contributed by atoms with Crippen LogP contribution in [0.15, 0.2) is 0 Å². The van der Waals surface area contributed by atoms with Crippen molar-refractivity contribution in [2.24, 2.45) is 0 Å². The summed E-state index contributed by atoms with van der Waals surface area (Å²) in [4.78, 5) is 2.84. The van der Waals surface area contributed by atoms with Crippen molar-refractivity contribution in [2.45, 2.75) is 26.9 Å². The largest absolute Gasteiger partial charge is 0.175 e. The smallest absolute Gasteiger partial charge is 0.140 e. The number of rotatable bonds is 3. The molecular formula is C6H10N8. The second kappa shape index (κ2) is 3.48. The van der Waals surface area contributed by atoms with Gasteiger partial charge >= 0.3 is 0 Å². The summed E-state index contributed by atoms with van der Waals surface area (Å²) in [6, 6.07) is 0. The zero-order valence-corrected chi connectivity index (χ0v) is 7.99. The van der Waals surface area contributed by atoms with Crippen LogP contribution in [0.5, 0.6) is 0 Å². The van der Waals surface area contributed by atoms with E-state index in [1.807, 2.05) is 6.92 Å². The molecule has 0 amide bonds. The number of aryl methyl sites for hydroxylation is 2. The Kier molecular flexibility index (Phi) is 2.17. The van der Waals surface area contributed by atoms with Gasteiger partial charge in [-0.05, 0) is 17.4 Å². The molecule has 0 aromatic carbocycles. The minimum Gasteiger partial charge on any atom is -0.140 e. The lowest BCUT2D eigenvalue weighted by atomic mass is 10.5. The van der Waals surface area contributed by atoms with E-state index in [2.05, 4.69) is 30.8 Å². The van der Waals surface area contributed by atoms with Gasteiger partial charge < -0.3 is 0 Å². The molecule has 2 aromatic heterocycles. The van der Waals surface area contributed by atoms with Gasteiger partial charge in [0.05, 0.1) is 0 Å². The first-order valence-electron chi connectivity index (χ1n) is 4.29. The van der Waals surface area contributed by atoms with Gasteiger partial charge in [-0.1, -0.05) is 6.92 Å². The van der Waals surface area contributed by atoms with Crippen LogP contribution in [-0.2, 0) is 13.1 Å². The molecule has 2 heterocycles. The van der Waals surface area contributed by atoms with Crippen LogP contribution >= 0.6 is 0 Å². The molecular weight excluding hydrogens is 184 g/mol. The topological polar surface area (TPSA) is 87.2 Å². The number of nitrogens with zero attached hydrogens (tertiary/aromatic N) is 8. The molecule has 0 saturated carbocycles. The van der Waals surface area contributed by atoms with Crippen LogP contribution in [0.25, 0.3) is 0 Å². The van der Waals surface area contributed by atoms with Crippen LogP contribution in [0.3, 0.4) is 0 Å². The summed E-state index contributed by atoms with van der Waals surface area (Å²) in [5, 5.41) is 23.3. The molecule has 0 radical (unpaired) electrons. The van der Waals surface area contributed by atoms with Crippen molar-refractivity contribution in [2.75, 3.05) is 0 Å². The number of hydrogen-bond acceptors (Lipinski definition) is 6. The highest BCUT2D eigenvalue weighted by atomic mass is 15.7. The Hall–Kier alpha value is -1.86. The third-order valence-electron chi connectivity index (χ3n) is 1.62. The van der Waals surface area contributed by atoms with Gasteiger partial charge in [0.2, 0.25) is 0 Å². The highest BCUT2D eigenvalue weighted by Gasteiger charge is 2.02. The van der Waals surface area contributed by atoms with Gasteiger partial charge in [-0.15, -0.1) is 30.0 Å². The Balaban J connectivity index is 2.10. The van der Waals surface area contributed by atoms with Gasteiger partial charge in [-0.2, -0.15) is 0 Å². The lowest BCUT2D eigenvalue weighted by Crippen LogP contribution is -2.14. The Bertz CT molecular complexity index is 415. The summed E-state index contributed by atoms with van der Waals surface area (Å²) < 4.78 is 0. The van der Waals surface area contributed by atoms with Crippen LogP contribution in [0.2, 0.25) is 0 Å². The summed E-state index contributed by atoms with van der Waals surface area (Å²) in [6.45, 7) is 4.09. The Morgan fingerprint density at radius 1 is 1.07 bits per heavy atom. The van der Waals surface area contributed by atoms with Crippen LogP contribution in [0.1, 0.15) is 18.6 Å². The molecule has 0 fully saturated rings. The maximum absolute atomic E-state index is 4.10. The molecule has 14 heavy (non-hydrogen) atoms. The van der Waals surface area contributed by atoms with Crippen LogP contribution in [-0.4, -0.2) is 40.4 Å². The Morgan fingerprint density at radius 2 is 1.79 bits per heavy atom. The lowest BCUT2D eigenvalue weighted by Gasteiger charge is -1.94. The molecule has 0 saturated heterocycles. The van der Waals surface area contributed by atoms with E-state index in [1.54, 1.807) is 6.92 Å². The van der Waals surface area contributed by atoms with Gasteiger partial charge in [0.15, 0.2) is 18.3 Å².